The van der Waals surface area contributed by atoms with Crippen LogP contribution >= 0.6 is 7.82 Å². The third-order valence-electron chi connectivity index (χ3n) is 3.86. The number of carbonyl (C=O) groups is 2. The summed E-state index contributed by atoms with van der Waals surface area (Å²) in [4.78, 5) is 42.8. The van der Waals surface area contributed by atoms with Gasteiger partial charge in [-0.3, -0.25) is 30.2 Å². The third-order valence-corrected chi connectivity index (χ3v) is 4.29. The van der Waals surface area contributed by atoms with E-state index in [2.05, 4.69) is 15.4 Å². The van der Waals surface area contributed by atoms with Gasteiger partial charge in [0.2, 0.25) is 5.75 Å². The van der Waals surface area contributed by atoms with Crippen LogP contribution in [-0.4, -0.2) is 50.0 Å². The summed E-state index contributed by atoms with van der Waals surface area (Å²) in [7, 11) is 0.574. The Morgan fingerprint density at radius 3 is 1.68 bits per heavy atom. The lowest BCUT2D eigenvalue weighted by Crippen LogP contribution is -2.41. The van der Waals surface area contributed by atoms with Crippen molar-refractivity contribution in [3.05, 3.63) is 41.5 Å². The zero-order valence-electron chi connectivity index (χ0n) is 17.0. The van der Waals surface area contributed by atoms with Crippen LogP contribution in [0.25, 0.3) is 0 Å². The van der Waals surface area contributed by atoms with Crippen LogP contribution < -0.4 is 34.3 Å². The molecule has 2 aromatic rings. The molecule has 0 spiro atoms. The van der Waals surface area contributed by atoms with Crippen LogP contribution in [0, 0.1) is 0 Å². The van der Waals surface area contributed by atoms with Crippen molar-refractivity contribution in [1.29, 1.82) is 0 Å². The van der Waals surface area contributed by atoms with E-state index in [1.54, 1.807) is 0 Å². The fourth-order valence-electron chi connectivity index (χ4n) is 2.49. The van der Waals surface area contributed by atoms with E-state index in [1.165, 1.54) is 52.7 Å². The molecule has 0 unspecified atom stereocenters. The highest BCUT2D eigenvalue weighted by molar-refractivity contribution is 7.46. The molecule has 0 aliphatic carbocycles. The molecule has 0 saturated heterocycles. The van der Waals surface area contributed by atoms with E-state index in [-0.39, 0.29) is 34.1 Å². The SMILES string of the molecule is COc1ccc(C(=O)NNC(=O)c2cc(OC)c(OC)c(OC)c2)cc1OP(=O)(O)O. The molecule has 0 aromatic heterocycles. The molecule has 13 heteroatoms. The highest BCUT2D eigenvalue weighted by atomic mass is 31.2. The number of hydrogen-bond acceptors (Lipinski definition) is 8. The number of benzene rings is 2. The quantitative estimate of drug-likeness (QED) is 0.336. The van der Waals surface area contributed by atoms with Gasteiger partial charge in [-0.2, -0.15) is 0 Å². The lowest BCUT2D eigenvalue weighted by Gasteiger charge is -2.15. The normalized spacial score (nSPS) is 10.6. The number of hydrazine groups is 1. The summed E-state index contributed by atoms with van der Waals surface area (Å²) in [6.45, 7) is 0. The Balaban J connectivity index is 2.18. The number of methoxy groups -OCH3 is 4. The molecule has 0 aliphatic rings. The zero-order valence-corrected chi connectivity index (χ0v) is 17.9. The fourth-order valence-corrected chi connectivity index (χ4v) is 2.89. The van der Waals surface area contributed by atoms with E-state index >= 15 is 0 Å². The van der Waals surface area contributed by atoms with Crippen molar-refractivity contribution in [2.75, 3.05) is 28.4 Å². The monoisotopic (exact) mass is 456 g/mol. The molecule has 0 aliphatic heterocycles. The molecule has 0 heterocycles. The topological polar surface area (TPSA) is 162 Å². The van der Waals surface area contributed by atoms with Crippen LogP contribution in [0.2, 0.25) is 0 Å². The Hall–Kier alpha value is -3.47. The first kappa shape index (κ1) is 23.8. The fraction of sp³-hybridized carbons (Fsp3) is 0.222. The second-order valence-electron chi connectivity index (χ2n) is 5.77. The summed E-state index contributed by atoms with van der Waals surface area (Å²) < 4.78 is 36.1. The van der Waals surface area contributed by atoms with Gasteiger partial charge in [-0.1, -0.05) is 0 Å². The summed E-state index contributed by atoms with van der Waals surface area (Å²) in [5.41, 5.74) is 4.45. The molecule has 0 radical (unpaired) electrons. The van der Waals surface area contributed by atoms with Crippen molar-refractivity contribution in [2.24, 2.45) is 0 Å². The molecule has 2 rings (SSSR count). The van der Waals surface area contributed by atoms with Crippen molar-refractivity contribution in [1.82, 2.24) is 10.9 Å². The Bertz CT molecular complexity index is 995. The van der Waals surface area contributed by atoms with Crippen molar-refractivity contribution in [2.45, 2.75) is 0 Å². The summed E-state index contributed by atoms with van der Waals surface area (Å²) in [5, 5.41) is 0. The van der Waals surface area contributed by atoms with Crippen LogP contribution in [0.1, 0.15) is 20.7 Å². The molecule has 0 fully saturated rings. The first-order valence-corrected chi connectivity index (χ1v) is 10.0. The summed E-state index contributed by atoms with van der Waals surface area (Å²) in [5.74, 6) is -1.03. The zero-order chi connectivity index (χ0) is 23.2. The van der Waals surface area contributed by atoms with E-state index in [0.717, 1.165) is 6.07 Å². The van der Waals surface area contributed by atoms with Gasteiger partial charge in [-0.15, -0.1) is 0 Å². The van der Waals surface area contributed by atoms with Crippen LogP contribution in [0.15, 0.2) is 30.3 Å². The Kier molecular flexibility index (Phi) is 7.70. The number of amides is 2. The molecule has 0 bridgehead atoms. The molecule has 0 atom stereocenters. The minimum Gasteiger partial charge on any atom is -0.493 e. The van der Waals surface area contributed by atoms with Crippen LogP contribution in [0.4, 0.5) is 0 Å². The van der Waals surface area contributed by atoms with Gasteiger partial charge in [0.05, 0.1) is 28.4 Å². The summed E-state index contributed by atoms with van der Waals surface area (Å²) >= 11 is 0. The van der Waals surface area contributed by atoms with Gasteiger partial charge in [0.15, 0.2) is 23.0 Å². The van der Waals surface area contributed by atoms with Gasteiger partial charge >= 0.3 is 7.82 Å². The van der Waals surface area contributed by atoms with Gasteiger partial charge in [0, 0.05) is 11.1 Å². The molecule has 2 amide bonds. The van der Waals surface area contributed by atoms with E-state index in [4.69, 9.17) is 28.7 Å². The molecule has 31 heavy (non-hydrogen) atoms. The maximum Gasteiger partial charge on any atom is 0.524 e. The van der Waals surface area contributed by atoms with E-state index in [0.29, 0.717) is 5.75 Å². The van der Waals surface area contributed by atoms with Gasteiger partial charge in [-0.05, 0) is 30.3 Å². The van der Waals surface area contributed by atoms with Crippen molar-refractivity contribution >= 4 is 19.6 Å². The Morgan fingerprint density at radius 2 is 1.23 bits per heavy atom. The molecular weight excluding hydrogens is 435 g/mol. The number of ether oxygens (including phenoxy) is 4. The van der Waals surface area contributed by atoms with Gasteiger partial charge in [0.25, 0.3) is 11.8 Å². The molecule has 168 valence electrons. The first-order chi connectivity index (χ1) is 14.6. The van der Waals surface area contributed by atoms with Crippen molar-refractivity contribution < 1.29 is 47.4 Å². The second-order valence-corrected chi connectivity index (χ2v) is 6.93. The van der Waals surface area contributed by atoms with E-state index < -0.39 is 19.6 Å². The van der Waals surface area contributed by atoms with Gasteiger partial charge < -0.3 is 23.5 Å². The highest BCUT2D eigenvalue weighted by Gasteiger charge is 2.21. The average molecular weight is 456 g/mol. The smallest absolute Gasteiger partial charge is 0.493 e. The molecule has 0 saturated carbocycles. The summed E-state index contributed by atoms with van der Waals surface area (Å²) in [6.07, 6.45) is 0. The Morgan fingerprint density at radius 1 is 0.742 bits per heavy atom. The largest absolute Gasteiger partial charge is 0.524 e. The molecule has 2 aromatic carbocycles. The number of phosphoric acid groups is 1. The molecule has 12 nitrogen and oxygen atoms in total. The number of rotatable bonds is 8. The standard InChI is InChI=1S/C18H21N2O10P/c1-26-12-6-5-10(7-13(12)30-31(23,24)25)17(21)19-20-18(22)11-8-14(27-2)16(29-4)15(9-11)28-3/h5-9H,1-4H3,(H,19,21)(H,20,22)(H2,23,24,25). The van der Waals surface area contributed by atoms with Crippen LogP contribution in [0.3, 0.4) is 0 Å². The predicted octanol–water partition coefficient (Wildman–Crippen LogP) is 1.27. The highest BCUT2D eigenvalue weighted by Crippen LogP contribution is 2.42. The number of nitrogens with one attached hydrogen (secondary N) is 2. The third kappa shape index (κ3) is 6.01. The van der Waals surface area contributed by atoms with Crippen LogP contribution in [0.5, 0.6) is 28.7 Å². The minimum atomic E-state index is -4.89. The number of phosphoric ester groups is 1. The maximum absolute atomic E-state index is 12.4. The number of hydrogen-bond donors (Lipinski definition) is 4. The minimum absolute atomic E-state index is 0.00123. The van der Waals surface area contributed by atoms with Gasteiger partial charge in [0.1, 0.15) is 0 Å². The first-order valence-electron chi connectivity index (χ1n) is 8.47. The maximum atomic E-state index is 12.4. The molecular formula is C18H21N2O10P. The average Bonchev–Trinajstić information content (AvgIpc) is 2.74. The lowest BCUT2D eigenvalue weighted by atomic mass is 10.1. The summed E-state index contributed by atoms with van der Waals surface area (Å²) in [6, 6.07) is 6.43. The molecule has 4 N–H and O–H groups in total. The lowest BCUT2D eigenvalue weighted by molar-refractivity contribution is 0.0846. The van der Waals surface area contributed by atoms with Crippen molar-refractivity contribution in [3.63, 3.8) is 0 Å². The van der Waals surface area contributed by atoms with Gasteiger partial charge in [-0.25, -0.2) is 4.57 Å². The predicted molar refractivity (Wildman–Crippen MR) is 107 cm³/mol. The van der Waals surface area contributed by atoms with E-state index in [1.807, 2.05) is 0 Å². The van der Waals surface area contributed by atoms with Crippen LogP contribution in [-0.2, 0) is 4.57 Å². The van der Waals surface area contributed by atoms with Crippen molar-refractivity contribution in [3.8, 4) is 28.7 Å². The Labute approximate surface area is 177 Å². The second kappa shape index (κ2) is 10.0. The number of carbonyl (C=O) groups excluding carboxylic acids is 2. The van der Waals surface area contributed by atoms with E-state index in [9.17, 15) is 14.2 Å².